The molecule has 0 spiro atoms. The number of benzene rings is 1. The second kappa shape index (κ2) is 6.13. The number of anilines is 1. The molecule has 7 heteroatoms. The maximum Gasteiger partial charge on any atom is 0.244 e. The largest absolute Gasteiger partial charge is 0.495 e. The van der Waals surface area contributed by atoms with Crippen LogP contribution in [0.15, 0.2) is 23.1 Å². The second-order valence-corrected chi connectivity index (χ2v) is 6.02. The molecule has 1 aromatic carbocycles. The molecule has 0 fully saturated rings. The van der Waals surface area contributed by atoms with Crippen LogP contribution in [-0.2, 0) is 10.0 Å². The van der Waals surface area contributed by atoms with Crippen LogP contribution in [0.5, 0.6) is 5.75 Å². The molecule has 0 bridgehead atoms. The summed E-state index contributed by atoms with van der Waals surface area (Å²) in [7, 11) is -2.14. The molecule has 0 amide bonds. The second-order valence-electron chi connectivity index (χ2n) is 3.30. The Morgan fingerprint density at radius 1 is 1.47 bits per heavy atom. The molecule has 17 heavy (non-hydrogen) atoms. The molecule has 0 radical (unpaired) electrons. The van der Waals surface area contributed by atoms with E-state index in [1.165, 1.54) is 13.2 Å². The smallest absolute Gasteiger partial charge is 0.244 e. The Bertz CT molecular complexity index is 474. The van der Waals surface area contributed by atoms with Gasteiger partial charge in [0.05, 0.1) is 7.11 Å². The first-order chi connectivity index (χ1) is 8.01. The van der Waals surface area contributed by atoms with E-state index in [2.05, 4.69) is 4.72 Å². The summed E-state index contributed by atoms with van der Waals surface area (Å²) >= 11 is 1.57. The minimum absolute atomic E-state index is 0.0705. The zero-order chi connectivity index (χ0) is 12.9. The Morgan fingerprint density at radius 3 is 2.76 bits per heavy atom. The van der Waals surface area contributed by atoms with E-state index in [9.17, 15) is 8.42 Å². The van der Waals surface area contributed by atoms with Crippen LogP contribution in [0.25, 0.3) is 0 Å². The topological polar surface area (TPSA) is 81.4 Å². The molecule has 0 aromatic heterocycles. The molecule has 0 atom stereocenters. The molecule has 0 aliphatic rings. The van der Waals surface area contributed by atoms with Crippen LogP contribution in [0.1, 0.15) is 0 Å². The van der Waals surface area contributed by atoms with Crippen LogP contribution in [-0.4, -0.2) is 34.1 Å². The van der Waals surface area contributed by atoms with E-state index < -0.39 is 10.0 Å². The van der Waals surface area contributed by atoms with Crippen LogP contribution in [0.4, 0.5) is 5.69 Å². The average Bonchev–Trinajstić information content (AvgIpc) is 2.29. The van der Waals surface area contributed by atoms with Crippen molar-refractivity contribution in [2.45, 2.75) is 4.90 Å². The average molecular weight is 276 g/mol. The summed E-state index contributed by atoms with van der Waals surface area (Å²) in [5.41, 5.74) is 5.97. The minimum Gasteiger partial charge on any atom is -0.495 e. The molecule has 0 aliphatic heterocycles. The van der Waals surface area contributed by atoms with Crippen molar-refractivity contribution in [3.8, 4) is 5.75 Å². The third-order valence-electron chi connectivity index (χ3n) is 2.08. The maximum atomic E-state index is 12.0. The number of thioether (sulfide) groups is 1. The summed E-state index contributed by atoms with van der Waals surface area (Å²) in [5.74, 6) is 1.000. The molecule has 0 heterocycles. The van der Waals surface area contributed by atoms with E-state index in [-0.39, 0.29) is 10.6 Å². The summed E-state index contributed by atoms with van der Waals surface area (Å²) in [6.07, 6.45) is 1.91. The highest BCUT2D eigenvalue weighted by Gasteiger charge is 2.19. The monoisotopic (exact) mass is 276 g/mol. The van der Waals surface area contributed by atoms with Crippen LogP contribution in [0, 0.1) is 0 Å². The SMILES string of the molecule is COc1ccc(N)cc1S(=O)(=O)NCCSC. The zero-order valence-corrected chi connectivity index (χ0v) is 11.4. The van der Waals surface area contributed by atoms with Crippen LogP contribution >= 0.6 is 11.8 Å². The first-order valence-corrected chi connectivity index (χ1v) is 7.81. The number of nitrogen functional groups attached to an aromatic ring is 1. The highest BCUT2D eigenvalue weighted by molar-refractivity contribution is 7.98. The highest BCUT2D eigenvalue weighted by Crippen LogP contribution is 2.25. The van der Waals surface area contributed by atoms with Crippen molar-refractivity contribution in [3.05, 3.63) is 18.2 Å². The summed E-state index contributed by atoms with van der Waals surface area (Å²) in [6, 6.07) is 4.53. The Kier molecular flexibility index (Phi) is 5.10. The number of methoxy groups -OCH3 is 1. The van der Waals surface area contributed by atoms with Gasteiger partial charge in [0.1, 0.15) is 10.6 Å². The van der Waals surface area contributed by atoms with Crippen LogP contribution in [0.2, 0.25) is 0 Å². The Morgan fingerprint density at radius 2 is 2.18 bits per heavy atom. The quantitative estimate of drug-likeness (QED) is 0.596. The van der Waals surface area contributed by atoms with E-state index in [0.717, 1.165) is 0 Å². The normalized spacial score (nSPS) is 11.4. The lowest BCUT2D eigenvalue weighted by Crippen LogP contribution is -2.26. The number of rotatable bonds is 6. The first-order valence-electron chi connectivity index (χ1n) is 4.93. The van der Waals surface area contributed by atoms with Crippen molar-refractivity contribution in [1.29, 1.82) is 0 Å². The van der Waals surface area contributed by atoms with Crippen molar-refractivity contribution in [1.82, 2.24) is 4.72 Å². The lowest BCUT2D eigenvalue weighted by molar-refractivity contribution is 0.402. The minimum atomic E-state index is -3.57. The number of nitrogens with two attached hydrogens (primary N) is 1. The van der Waals surface area contributed by atoms with Gasteiger partial charge in [0.15, 0.2) is 0 Å². The predicted octanol–water partition coefficient (Wildman–Crippen LogP) is 0.919. The summed E-state index contributed by atoms with van der Waals surface area (Å²) < 4.78 is 31.5. The van der Waals surface area contributed by atoms with Gasteiger partial charge in [-0.05, 0) is 24.5 Å². The van der Waals surface area contributed by atoms with Gasteiger partial charge in [-0.3, -0.25) is 0 Å². The summed E-state index contributed by atoms with van der Waals surface area (Å²) in [4.78, 5) is 0.0705. The zero-order valence-electron chi connectivity index (χ0n) is 9.76. The molecule has 5 nitrogen and oxygen atoms in total. The van der Waals surface area contributed by atoms with E-state index in [1.807, 2.05) is 6.26 Å². The van der Waals surface area contributed by atoms with Gasteiger partial charge in [-0.15, -0.1) is 0 Å². The Labute approximate surface area is 106 Å². The maximum absolute atomic E-state index is 12.0. The molecule has 0 saturated heterocycles. The molecular weight excluding hydrogens is 260 g/mol. The number of ether oxygens (including phenoxy) is 1. The number of hydrogen-bond donors (Lipinski definition) is 2. The molecule has 0 aliphatic carbocycles. The lowest BCUT2D eigenvalue weighted by Gasteiger charge is -2.10. The number of nitrogens with one attached hydrogen (secondary N) is 1. The summed E-state index contributed by atoms with van der Waals surface area (Å²) in [5, 5.41) is 0. The Balaban J connectivity index is 3.00. The van der Waals surface area contributed by atoms with Crippen molar-refractivity contribution < 1.29 is 13.2 Å². The fourth-order valence-electron chi connectivity index (χ4n) is 1.26. The first kappa shape index (κ1) is 14.1. The van der Waals surface area contributed by atoms with Gasteiger partial charge in [0.25, 0.3) is 0 Å². The van der Waals surface area contributed by atoms with Gasteiger partial charge in [0, 0.05) is 18.0 Å². The predicted molar refractivity (Wildman–Crippen MR) is 71.0 cm³/mol. The van der Waals surface area contributed by atoms with Gasteiger partial charge in [0.2, 0.25) is 10.0 Å². The molecule has 0 saturated carbocycles. The van der Waals surface area contributed by atoms with Gasteiger partial charge in [-0.1, -0.05) is 0 Å². The van der Waals surface area contributed by atoms with Crippen molar-refractivity contribution >= 4 is 27.5 Å². The third kappa shape index (κ3) is 3.79. The summed E-state index contributed by atoms with van der Waals surface area (Å²) in [6.45, 7) is 0.376. The standard InChI is InChI=1S/C10H16N2O3S2/c1-15-9-4-3-8(11)7-10(9)17(13,14)12-5-6-16-2/h3-4,7,12H,5-6,11H2,1-2H3. The van der Waals surface area contributed by atoms with Crippen LogP contribution in [0.3, 0.4) is 0 Å². The molecule has 0 unspecified atom stereocenters. The van der Waals surface area contributed by atoms with Crippen molar-refractivity contribution in [2.75, 3.05) is 31.4 Å². The van der Waals surface area contributed by atoms with Gasteiger partial charge in [-0.25, -0.2) is 13.1 Å². The number of hydrogen-bond acceptors (Lipinski definition) is 5. The van der Waals surface area contributed by atoms with Gasteiger partial charge in [-0.2, -0.15) is 11.8 Å². The van der Waals surface area contributed by atoms with Gasteiger partial charge < -0.3 is 10.5 Å². The molecular formula is C10H16N2O3S2. The lowest BCUT2D eigenvalue weighted by atomic mass is 10.3. The molecule has 96 valence electrons. The van der Waals surface area contributed by atoms with Gasteiger partial charge >= 0.3 is 0 Å². The van der Waals surface area contributed by atoms with Crippen LogP contribution < -0.4 is 15.2 Å². The molecule has 1 aromatic rings. The van der Waals surface area contributed by atoms with Crippen molar-refractivity contribution in [3.63, 3.8) is 0 Å². The highest BCUT2D eigenvalue weighted by atomic mass is 32.2. The molecule has 1 rings (SSSR count). The molecule has 3 N–H and O–H groups in total. The van der Waals surface area contributed by atoms with E-state index in [0.29, 0.717) is 18.0 Å². The fourth-order valence-corrected chi connectivity index (χ4v) is 2.93. The van der Waals surface area contributed by atoms with Crippen molar-refractivity contribution in [2.24, 2.45) is 0 Å². The van der Waals surface area contributed by atoms with E-state index in [4.69, 9.17) is 10.5 Å². The third-order valence-corrected chi connectivity index (χ3v) is 4.17. The van der Waals surface area contributed by atoms with E-state index in [1.54, 1.807) is 23.9 Å². The van der Waals surface area contributed by atoms with E-state index >= 15 is 0 Å². The Hall–Kier alpha value is -0.920. The number of sulfonamides is 1. The fraction of sp³-hybridized carbons (Fsp3) is 0.400.